The minimum atomic E-state index is 0.909. The second kappa shape index (κ2) is 14.4. The van der Waals surface area contributed by atoms with Crippen molar-refractivity contribution in [3.05, 3.63) is 231 Å². The second-order valence-corrected chi connectivity index (χ2v) is 17.5. The Kier molecular flexibility index (Phi) is 7.98. The Bertz CT molecular complexity index is 4190. The first-order valence-electron chi connectivity index (χ1n) is 22.6. The molecule has 0 unspecified atom stereocenters. The van der Waals surface area contributed by atoms with Crippen LogP contribution in [0.15, 0.2) is 235 Å². The van der Waals surface area contributed by atoms with Crippen molar-refractivity contribution in [2.24, 2.45) is 0 Å². The monoisotopic (exact) mass is 838 g/mol. The number of nitrogens with zero attached hydrogens (tertiary/aromatic N) is 2. The Morgan fingerprint density at radius 1 is 0.303 bits per heavy atom. The fourth-order valence-corrected chi connectivity index (χ4v) is 10.6. The molecule has 3 heterocycles. The van der Waals surface area contributed by atoms with Crippen LogP contribution in [0.1, 0.15) is 0 Å². The van der Waals surface area contributed by atoms with E-state index >= 15 is 0 Å². The topological polar surface area (TPSA) is 31.0 Å². The normalized spacial score (nSPS) is 11.9. The van der Waals surface area contributed by atoms with Crippen LogP contribution < -0.4 is 0 Å². The first-order chi connectivity index (χ1) is 32.7. The van der Waals surface area contributed by atoms with Gasteiger partial charge in [-0.2, -0.15) is 0 Å². The molecule has 0 spiro atoms. The van der Waals surface area contributed by atoms with Crippen molar-refractivity contribution < 1.29 is 4.42 Å². The van der Waals surface area contributed by atoms with Gasteiger partial charge in [-0.1, -0.05) is 164 Å². The lowest BCUT2D eigenvalue weighted by Crippen LogP contribution is -1.98. The van der Waals surface area contributed by atoms with Crippen LogP contribution in [0.3, 0.4) is 0 Å². The van der Waals surface area contributed by atoms with E-state index in [-0.39, 0.29) is 0 Å². The first kappa shape index (κ1) is 36.7. The molecule has 306 valence electrons. The molecule has 0 aliphatic carbocycles. The average molecular weight is 839 g/mol. The Morgan fingerprint density at radius 3 is 1.59 bits per heavy atom. The van der Waals surface area contributed by atoms with E-state index in [0.717, 1.165) is 61.3 Å². The summed E-state index contributed by atoms with van der Waals surface area (Å²) in [5.41, 5.74) is 12.9. The van der Waals surface area contributed by atoms with E-state index in [0.29, 0.717) is 0 Å². The molecule has 0 radical (unpaired) electrons. The van der Waals surface area contributed by atoms with Crippen molar-refractivity contribution in [3.63, 3.8) is 0 Å². The molecule has 3 aromatic heterocycles. The maximum atomic E-state index is 6.05. The number of fused-ring (bicyclic) bond motifs is 12. The molecule has 0 fully saturated rings. The van der Waals surface area contributed by atoms with Crippen LogP contribution in [0.25, 0.3) is 137 Å². The summed E-state index contributed by atoms with van der Waals surface area (Å²) in [6.45, 7) is 0. The second-order valence-electron chi connectivity index (χ2n) is 17.5. The maximum Gasteiger partial charge on any atom is 0.141 e. The maximum absolute atomic E-state index is 6.05. The number of furan rings is 1. The molecule has 0 atom stereocenters. The number of pyridine rings is 1. The van der Waals surface area contributed by atoms with Gasteiger partial charge in [-0.3, -0.25) is 0 Å². The van der Waals surface area contributed by atoms with Crippen LogP contribution in [0.4, 0.5) is 0 Å². The molecular weight excluding hydrogens is 801 g/mol. The molecule has 66 heavy (non-hydrogen) atoms. The van der Waals surface area contributed by atoms with E-state index in [2.05, 4.69) is 223 Å². The van der Waals surface area contributed by atoms with Crippen LogP contribution in [0.2, 0.25) is 0 Å². The summed E-state index contributed by atoms with van der Waals surface area (Å²) in [6.07, 6.45) is 1.78. The summed E-state index contributed by atoms with van der Waals surface area (Å²) >= 11 is 0. The summed E-state index contributed by atoms with van der Waals surface area (Å²) in [6, 6.07) is 81.9. The molecule has 11 aromatic carbocycles. The third-order valence-corrected chi connectivity index (χ3v) is 13.8. The summed E-state index contributed by atoms with van der Waals surface area (Å²) in [5, 5.41) is 15.7. The van der Waals surface area contributed by atoms with E-state index in [1.807, 2.05) is 6.07 Å². The number of rotatable bonds is 5. The van der Waals surface area contributed by atoms with Gasteiger partial charge in [-0.25, -0.2) is 4.98 Å². The SMILES string of the molecule is c1ccc(-c2ccc3c(c2)c2cc4c5ccccc5c5cc(-c6cccc7ccoc67)ccc5c4cc2n3-c2cc(-c3ccc4ccccc4c3)nc(-c3ccc4ccccc4c3)c2)cc1. The molecule has 0 saturated heterocycles. The third kappa shape index (κ3) is 5.73. The zero-order valence-corrected chi connectivity index (χ0v) is 35.7. The van der Waals surface area contributed by atoms with E-state index in [9.17, 15) is 0 Å². The molecule has 0 saturated carbocycles. The molecule has 0 amide bonds. The lowest BCUT2D eigenvalue weighted by molar-refractivity contribution is 0.617. The molecule has 3 heteroatoms. The number of hydrogen-bond donors (Lipinski definition) is 0. The van der Waals surface area contributed by atoms with Gasteiger partial charge in [0.2, 0.25) is 0 Å². The largest absolute Gasteiger partial charge is 0.464 e. The summed E-state index contributed by atoms with van der Waals surface area (Å²) in [7, 11) is 0. The molecular formula is C63H38N2O. The van der Waals surface area contributed by atoms with Crippen LogP contribution >= 0.6 is 0 Å². The van der Waals surface area contributed by atoms with Crippen molar-refractivity contribution >= 4 is 86.6 Å². The Hall–Kier alpha value is -8.79. The first-order valence-corrected chi connectivity index (χ1v) is 22.6. The van der Waals surface area contributed by atoms with Crippen molar-refractivity contribution in [3.8, 4) is 50.5 Å². The average Bonchev–Trinajstić information content (AvgIpc) is 4.00. The summed E-state index contributed by atoms with van der Waals surface area (Å²) < 4.78 is 8.52. The smallest absolute Gasteiger partial charge is 0.141 e. The molecule has 0 aliphatic heterocycles. The van der Waals surface area contributed by atoms with E-state index in [4.69, 9.17) is 9.40 Å². The lowest BCUT2D eigenvalue weighted by Gasteiger charge is -2.15. The molecule has 0 aliphatic rings. The standard InChI is InChI=1S/C63H38N2O/c1-2-11-39(12-3-1)45-26-28-61-57(33-45)58-37-55-52-19-9-8-18-51(52)54-34-46(50-20-10-17-42-29-30-66-63(42)50)25-27-53(54)56(55)38-62(58)65(61)49-35-59(47-23-21-40-13-4-6-15-43(40)31-47)64-60(36-49)48-24-22-41-14-5-7-16-44(41)32-48/h1-38H. The number of para-hydroxylation sites is 1. The summed E-state index contributed by atoms with van der Waals surface area (Å²) in [4.78, 5) is 5.46. The van der Waals surface area contributed by atoms with Crippen LogP contribution in [0, 0.1) is 0 Å². The predicted molar refractivity (Wildman–Crippen MR) is 278 cm³/mol. The molecule has 0 N–H and O–H groups in total. The molecule has 14 aromatic rings. The van der Waals surface area contributed by atoms with Gasteiger partial charge in [0.25, 0.3) is 0 Å². The fourth-order valence-electron chi connectivity index (χ4n) is 10.6. The van der Waals surface area contributed by atoms with Crippen molar-refractivity contribution in [2.75, 3.05) is 0 Å². The highest BCUT2D eigenvalue weighted by atomic mass is 16.3. The van der Waals surface area contributed by atoms with Crippen LogP contribution in [0.5, 0.6) is 0 Å². The zero-order chi connectivity index (χ0) is 43.3. The van der Waals surface area contributed by atoms with Gasteiger partial charge in [0.05, 0.1) is 34.4 Å². The number of hydrogen-bond acceptors (Lipinski definition) is 2. The highest BCUT2D eigenvalue weighted by molar-refractivity contribution is 6.29. The highest BCUT2D eigenvalue weighted by Crippen LogP contribution is 2.44. The van der Waals surface area contributed by atoms with E-state index in [1.54, 1.807) is 6.26 Å². The van der Waals surface area contributed by atoms with Gasteiger partial charge in [-0.05, 0) is 131 Å². The van der Waals surface area contributed by atoms with Crippen molar-refractivity contribution in [1.82, 2.24) is 9.55 Å². The Balaban J connectivity index is 1.08. The highest BCUT2D eigenvalue weighted by Gasteiger charge is 2.20. The van der Waals surface area contributed by atoms with Crippen molar-refractivity contribution in [1.29, 1.82) is 0 Å². The minimum absolute atomic E-state index is 0.909. The third-order valence-electron chi connectivity index (χ3n) is 13.8. The van der Waals surface area contributed by atoms with Gasteiger partial charge in [0.15, 0.2) is 0 Å². The van der Waals surface area contributed by atoms with E-state index in [1.165, 1.54) is 75.8 Å². The summed E-state index contributed by atoms with van der Waals surface area (Å²) in [5.74, 6) is 0. The van der Waals surface area contributed by atoms with Crippen LogP contribution in [-0.2, 0) is 0 Å². The quantitative estimate of drug-likeness (QED) is 0.162. The lowest BCUT2D eigenvalue weighted by atomic mass is 9.91. The Labute approximate surface area is 380 Å². The van der Waals surface area contributed by atoms with Crippen LogP contribution in [-0.4, -0.2) is 9.55 Å². The molecule has 14 rings (SSSR count). The number of benzene rings is 11. The van der Waals surface area contributed by atoms with E-state index < -0.39 is 0 Å². The van der Waals surface area contributed by atoms with Gasteiger partial charge in [0.1, 0.15) is 5.58 Å². The fraction of sp³-hybridized carbons (Fsp3) is 0. The predicted octanol–water partition coefficient (Wildman–Crippen LogP) is 17.4. The van der Waals surface area contributed by atoms with Gasteiger partial charge < -0.3 is 8.98 Å². The molecule has 0 bridgehead atoms. The zero-order valence-electron chi connectivity index (χ0n) is 35.7. The minimum Gasteiger partial charge on any atom is -0.464 e. The van der Waals surface area contributed by atoms with Gasteiger partial charge in [-0.15, -0.1) is 0 Å². The van der Waals surface area contributed by atoms with Gasteiger partial charge >= 0.3 is 0 Å². The Morgan fingerprint density at radius 2 is 0.864 bits per heavy atom. The number of aromatic nitrogens is 2. The molecule has 3 nitrogen and oxygen atoms in total. The van der Waals surface area contributed by atoms with Gasteiger partial charge in [0, 0.05) is 32.8 Å². The van der Waals surface area contributed by atoms with Crippen molar-refractivity contribution in [2.45, 2.75) is 0 Å².